The predicted octanol–water partition coefficient (Wildman–Crippen LogP) is 3.24. The van der Waals surface area contributed by atoms with Crippen LogP contribution >= 0.6 is 11.6 Å². The monoisotopic (exact) mass is 251 g/mol. The lowest BCUT2D eigenvalue weighted by Gasteiger charge is -2.28. The van der Waals surface area contributed by atoms with Crippen molar-refractivity contribution in [2.24, 2.45) is 5.92 Å². The molecule has 0 N–H and O–H groups in total. The third-order valence-corrected chi connectivity index (χ3v) is 4.11. The van der Waals surface area contributed by atoms with E-state index < -0.39 is 0 Å². The fourth-order valence-corrected chi connectivity index (χ4v) is 3.22. The van der Waals surface area contributed by atoms with E-state index in [9.17, 15) is 0 Å². The van der Waals surface area contributed by atoms with Crippen molar-refractivity contribution in [3.63, 3.8) is 0 Å². The molecule has 0 spiro atoms. The third-order valence-electron chi connectivity index (χ3n) is 3.92. The first-order valence-electron chi connectivity index (χ1n) is 6.44. The molecule has 1 aliphatic carbocycles. The van der Waals surface area contributed by atoms with Gasteiger partial charge in [-0.15, -0.1) is 0 Å². The summed E-state index contributed by atoms with van der Waals surface area (Å²) in [6.07, 6.45) is 4.03. The van der Waals surface area contributed by atoms with Crippen LogP contribution in [-0.4, -0.2) is 22.6 Å². The van der Waals surface area contributed by atoms with Gasteiger partial charge in [0.25, 0.3) is 0 Å². The summed E-state index contributed by atoms with van der Waals surface area (Å²) >= 11 is 6.10. The van der Waals surface area contributed by atoms with Crippen molar-refractivity contribution >= 4 is 17.4 Å². The average molecular weight is 252 g/mol. The van der Waals surface area contributed by atoms with E-state index in [1.165, 1.54) is 19.3 Å². The molecule has 3 nitrogen and oxygen atoms in total. The minimum absolute atomic E-state index is 0.326. The average Bonchev–Trinajstić information content (AvgIpc) is 2.89. The Balaban J connectivity index is 1.92. The second-order valence-electron chi connectivity index (χ2n) is 5.55. The van der Waals surface area contributed by atoms with Crippen LogP contribution in [0.4, 0.5) is 5.82 Å². The number of hydrogen-bond donors (Lipinski definition) is 0. The van der Waals surface area contributed by atoms with E-state index in [2.05, 4.69) is 28.7 Å². The van der Waals surface area contributed by atoms with E-state index in [1.807, 2.05) is 6.07 Å². The van der Waals surface area contributed by atoms with Crippen molar-refractivity contribution in [3.05, 3.63) is 17.0 Å². The van der Waals surface area contributed by atoms with E-state index in [4.69, 9.17) is 11.6 Å². The molecule has 3 rings (SSSR count). The van der Waals surface area contributed by atoms with Gasteiger partial charge in [-0.3, -0.25) is 0 Å². The molecule has 2 aliphatic rings. The highest BCUT2D eigenvalue weighted by Crippen LogP contribution is 2.40. The summed E-state index contributed by atoms with van der Waals surface area (Å²) in [5.41, 5.74) is 0. The first-order chi connectivity index (χ1) is 8.13. The number of halogens is 1. The molecule has 4 heteroatoms. The first-order valence-corrected chi connectivity index (χ1v) is 6.82. The molecule has 2 bridgehead atoms. The van der Waals surface area contributed by atoms with Crippen LogP contribution in [0.25, 0.3) is 0 Å². The number of hydrogen-bond acceptors (Lipinski definition) is 3. The fraction of sp³-hybridized carbons (Fsp3) is 0.692. The molecule has 0 radical (unpaired) electrons. The second-order valence-corrected chi connectivity index (χ2v) is 5.93. The molecule has 1 saturated heterocycles. The predicted molar refractivity (Wildman–Crippen MR) is 69.6 cm³/mol. The number of anilines is 1. The molecule has 17 heavy (non-hydrogen) atoms. The van der Waals surface area contributed by atoms with Gasteiger partial charge in [0.1, 0.15) is 16.8 Å². The summed E-state index contributed by atoms with van der Waals surface area (Å²) in [5, 5.41) is 0.571. The Hall–Kier alpha value is -0.830. The van der Waals surface area contributed by atoms with Crippen molar-refractivity contribution in [1.29, 1.82) is 0 Å². The molecular weight excluding hydrogens is 234 g/mol. The van der Waals surface area contributed by atoms with Gasteiger partial charge < -0.3 is 4.90 Å². The molecule has 2 unspecified atom stereocenters. The summed E-state index contributed by atoms with van der Waals surface area (Å²) in [6, 6.07) is 2.60. The lowest BCUT2D eigenvalue weighted by atomic mass is 10.1. The summed E-state index contributed by atoms with van der Waals surface area (Å²) in [4.78, 5) is 11.4. The van der Waals surface area contributed by atoms with Gasteiger partial charge >= 0.3 is 0 Å². The topological polar surface area (TPSA) is 29.0 Å². The molecule has 1 aromatic heterocycles. The maximum atomic E-state index is 6.10. The highest BCUT2D eigenvalue weighted by Gasteiger charge is 2.38. The summed E-state index contributed by atoms with van der Waals surface area (Å²) in [7, 11) is 0. The summed E-state index contributed by atoms with van der Waals surface area (Å²) in [5.74, 6) is 3.08. The summed E-state index contributed by atoms with van der Waals surface area (Å²) < 4.78 is 0. The zero-order chi connectivity index (χ0) is 12.0. The van der Waals surface area contributed by atoms with Crippen LogP contribution in [-0.2, 0) is 0 Å². The van der Waals surface area contributed by atoms with Gasteiger partial charge in [0, 0.05) is 24.6 Å². The molecule has 2 fully saturated rings. The first kappa shape index (κ1) is 11.3. The van der Waals surface area contributed by atoms with Crippen molar-refractivity contribution < 1.29 is 0 Å². The van der Waals surface area contributed by atoms with Gasteiger partial charge in [-0.25, -0.2) is 9.97 Å². The van der Waals surface area contributed by atoms with E-state index in [-0.39, 0.29) is 0 Å². The Morgan fingerprint density at radius 2 is 2.18 bits per heavy atom. The van der Waals surface area contributed by atoms with Gasteiger partial charge in [0.05, 0.1) is 0 Å². The fourth-order valence-electron chi connectivity index (χ4n) is 3.03. The lowest BCUT2D eigenvalue weighted by molar-refractivity contribution is 0.549. The van der Waals surface area contributed by atoms with Crippen molar-refractivity contribution in [2.45, 2.75) is 45.1 Å². The van der Waals surface area contributed by atoms with Gasteiger partial charge in [-0.05, 0) is 25.2 Å². The smallest absolute Gasteiger partial charge is 0.135 e. The summed E-state index contributed by atoms with van der Waals surface area (Å²) in [6.45, 7) is 5.35. The van der Waals surface area contributed by atoms with Crippen LogP contribution in [0.3, 0.4) is 0 Å². The number of piperidine rings is 1. The maximum absolute atomic E-state index is 6.10. The van der Waals surface area contributed by atoms with Gasteiger partial charge in [-0.2, -0.15) is 0 Å². The van der Waals surface area contributed by atoms with E-state index in [1.54, 1.807) is 0 Å². The second kappa shape index (κ2) is 4.13. The highest BCUT2D eigenvalue weighted by atomic mass is 35.5. The minimum atomic E-state index is 0.326. The quantitative estimate of drug-likeness (QED) is 0.756. The van der Waals surface area contributed by atoms with Crippen LogP contribution in [0, 0.1) is 5.92 Å². The number of aromatic nitrogens is 2. The Labute approximate surface area is 107 Å². The van der Waals surface area contributed by atoms with Crippen LogP contribution in [0.1, 0.15) is 44.9 Å². The van der Waals surface area contributed by atoms with E-state index in [0.717, 1.165) is 24.1 Å². The van der Waals surface area contributed by atoms with Crippen LogP contribution in [0.2, 0.25) is 5.15 Å². The standard InChI is InChI=1S/C13H18ClN3/c1-8(2)13-15-11(14)6-12(16-13)17-7-9-3-4-10(17)5-9/h6,8-10H,3-5,7H2,1-2H3. The largest absolute Gasteiger partial charge is 0.353 e. The van der Waals surface area contributed by atoms with Gasteiger partial charge in [0.2, 0.25) is 0 Å². The van der Waals surface area contributed by atoms with Crippen LogP contribution in [0.5, 0.6) is 0 Å². The molecule has 92 valence electrons. The van der Waals surface area contributed by atoms with Crippen molar-refractivity contribution in [2.75, 3.05) is 11.4 Å². The van der Waals surface area contributed by atoms with Gasteiger partial charge in [0.15, 0.2) is 0 Å². The van der Waals surface area contributed by atoms with Crippen molar-refractivity contribution in [3.8, 4) is 0 Å². The number of rotatable bonds is 2. The highest BCUT2D eigenvalue weighted by molar-refractivity contribution is 6.29. The SMILES string of the molecule is CC(C)c1nc(Cl)cc(N2CC3CCC2C3)n1. The Morgan fingerprint density at radius 3 is 2.76 bits per heavy atom. The number of fused-ring (bicyclic) bond motifs is 2. The van der Waals surface area contributed by atoms with E-state index in [0.29, 0.717) is 17.1 Å². The Morgan fingerprint density at radius 1 is 1.35 bits per heavy atom. The van der Waals surface area contributed by atoms with Crippen LogP contribution in [0.15, 0.2) is 6.07 Å². The zero-order valence-electron chi connectivity index (χ0n) is 10.4. The molecular formula is C13H18ClN3. The Kier molecular flexibility index (Phi) is 2.74. The minimum Gasteiger partial charge on any atom is -0.353 e. The molecule has 0 aromatic carbocycles. The lowest BCUT2D eigenvalue weighted by Crippen LogP contribution is -2.32. The third kappa shape index (κ3) is 2.01. The molecule has 1 saturated carbocycles. The maximum Gasteiger partial charge on any atom is 0.135 e. The van der Waals surface area contributed by atoms with E-state index >= 15 is 0 Å². The van der Waals surface area contributed by atoms with Crippen LogP contribution < -0.4 is 4.90 Å². The molecule has 0 amide bonds. The normalized spacial score (nSPS) is 27.2. The zero-order valence-corrected chi connectivity index (χ0v) is 11.1. The number of nitrogens with zero attached hydrogens (tertiary/aromatic N) is 3. The van der Waals surface area contributed by atoms with Crippen molar-refractivity contribution in [1.82, 2.24) is 9.97 Å². The molecule has 2 heterocycles. The molecule has 2 atom stereocenters. The molecule has 1 aromatic rings. The van der Waals surface area contributed by atoms with Gasteiger partial charge in [-0.1, -0.05) is 25.4 Å². The Bertz CT molecular complexity index is 433. The molecule has 1 aliphatic heterocycles.